The van der Waals surface area contributed by atoms with Crippen LogP contribution in [-0.2, 0) is 4.74 Å². The van der Waals surface area contributed by atoms with Gasteiger partial charge in [0, 0.05) is 13.2 Å². The van der Waals surface area contributed by atoms with Gasteiger partial charge in [-0.1, -0.05) is 0 Å². The first-order chi connectivity index (χ1) is 7.77. The van der Waals surface area contributed by atoms with Crippen molar-refractivity contribution in [3.05, 3.63) is 24.2 Å². The Balaban J connectivity index is 2.40. The molecule has 16 heavy (non-hydrogen) atoms. The van der Waals surface area contributed by atoms with Crippen LogP contribution < -0.4 is 11.1 Å². The van der Waals surface area contributed by atoms with Gasteiger partial charge in [0.2, 0.25) is 0 Å². The molecule has 0 saturated heterocycles. The quantitative estimate of drug-likeness (QED) is 0.708. The minimum atomic E-state index is 0.202. The highest BCUT2D eigenvalue weighted by Crippen LogP contribution is 2.14. The molecule has 92 valence electrons. The number of hydrogen-bond donors (Lipinski definition) is 2. The lowest BCUT2D eigenvalue weighted by Crippen LogP contribution is -2.35. The number of hydrogen-bond acceptors (Lipinski definition) is 4. The van der Waals surface area contributed by atoms with Crippen molar-refractivity contribution in [1.29, 1.82) is 0 Å². The van der Waals surface area contributed by atoms with Crippen molar-refractivity contribution in [3.63, 3.8) is 0 Å². The maximum absolute atomic E-state index is 5.51. The molecule has 0 aliphatic carbocycles. The zero-order chi connectivity index (χ0) is 11.8. The molecule has 1 aromatic rings. The molecule has 0 radical (unpaired) electrons. The van der Waals surface area contributed by atoms with Gasteiger partial charge in [0.15, 0.2) is 0 Å². The van der Waals surface area contributed by atoms with Crippen molar-refractivity contribution in [3.8, 4) is 0 Å². The van der Waals surface area contributed by atoms with E-state index in [4.69, 9.17) is 14.9 Å². The van der Waals surface area contributed by atoms with E-state index in [2.05, 4.69) is 12.2 Å². The standard InChI is InChI=1S/C12H22N2O2/c1-10(12-6-4-8-16-12)14-11(9-15-2)5-3-7-13/h4,6,8,10-11,14H,3,5,7,9,13H2,1-2H3. The van der Waals surface area contributed by atoms with Gasteiger partial charge in [-0.2, -0.15) is 0 Å². The molecule has 0 aliphatic heterocycles. The van der Waals surface area contributed by atoms with E-state index in [1.807, 2.05) is 12.1 Å². The molecule has 0 aromatic carbocycles. The van der Waals surface area contributed by atoms with Crippen LogP contribution in [-0.4, -0.2) is 26.3 Å². The lowest BCUT2D eigenvalue weighted by molar-refractivity contribution is 0.154. The second-order valence-electron chi connectivity index (χ2n) is 3.99. The SMILES string of the molecule is COCC(CCCN)NC(C)c1ccco1. The molecular formula is C12H22N2O2. The minimum absolute atomic E-state index is 0.202. The largest absolute Gasteiger partial charge is 0.468 e. The summed E-state index contributed by atoms with van der Waals surface area (Å²) in [6.07, 6.45) is 3.72. The van der Waals surface area contributed by atoms with Gasteiger partial charge in [-0.3, -0.25) is 0 Å². The van der Waals surface area contributed by atoms with Crippen LogP contribution in [0.25, 0.3) is 0 Å². The molecule has 0 aliphatic rings. The zero-order valence-electron chi connectivity index (χ0n) is 10.1. The van der Waals surface area contributed by atoms with E-state index in [1.54, 1.807) is 13.4 Å². The molecule has 2 atom stereocenters. The third-order valence-corrected chi connectivity index (χ3v) is 2.58. The van der Waals surface area contributed by atoms with E-state index in [1.165, 1.54) is 0 Å². The molecule has 1 heterocycles. The van der Waals surface area contributed by atoms with Gasteiger partial charge in [-0.05, 0) is 38.4 Å². The molecule has 1 rings (SSSR count). The van der Waals surface area contributed by atoms with Crippen LogP contribution in [0.5, 0.6) is 0 Å². The Morgan fingerprint density at radius 3 is 2.94 bits per heavy atom. The number of nitrogens with two attached hydrogens (primary N) is 1. The van der Waals surface area contributed by atoms with Gasteiger partial charge in [0.05, 0.1) is 18.9 Å². The Bertz CT molecular complexity index is 262. The third-order valence-electron chi connectivity index (χ3n) is 2.58. The second-order valence-corrected chi connectivity index (χ2v) is 3.99. The monoisotopic (exact) mass is 226 g/mol. The number of methoxy groups -OCH3 is 1. The van der Waals surface area contributed by atoms with E-state index in [-0.39, 0.29) is 6.04 Å². The average Bonchev–Trinajstić information content (AvgIpc) is 2.79. The van der Waals surface area contributed by atoms with Gasteiger partial charge < -0.3 is 20.2 Å². The fourth-order valence-electron chi connectivity index (χ4n) is 1.75. The Morgan fingerprint density at radius 1 is 1.56 bits per heavy atom. The van der Waals surface area contributed by atoms with E-state index in [9.17, 15) is 0 Å². The summed E-state index contributed by atoms with van der Waals surface area (Å²) < 4.78 is 10.5. The number of rotatable bonds is 8. The first-order valence-corrected chi connectivity index (χ1v) is 5.76. The van der Waals surface area contributed by atoms with Crippen LogP contribution in [0.15, 0.2) is 22.8 Å². The summed E-state index contributed by atoms with van der Waals surface area (Å²) in [6, 6.07) is 4.41. The van der Waals surface area contributed by atoms with E-state index >= 15 is 0 Å². The third kappa shape index (κ3) is 4.35. The lowest BCUT2D eigenvalue weighted by atomic mass is 10.1. The first-order valence-electron chi connectivity index (χ1n) is 5.76. The summed E-state index contributed by atoms with van der Waals surface area (Å²) in [6.45, 7) is 3.51. The Labute approximate surface area is 97.1 Å². The molecule has 0 amide bonds. The van der Waals surface area contributed by atoms with Gasteiger partial charge in [-0.15, -0.1) is 0 Å². The van der Waals surface area contributed by atoms with Crippen LogP contribution in [0.4, 0.5) is 0 Å². The molecule has 3 N–H and O–H groups in total. The highest BCUT2D eigenvalue weighted by atomic mass is 16.5. The molecule has 1 aromatic heterocycles. The van der Waals surface area contributed by atoms with Crippen LogP contribution >= 0.6 is 0 Å². The van der Waals surface area contributed by atoms with Gasteiger partial charge in [0.25, 0.3) is 0 Å². The number of furan rings is 1. The van der Waals surface area contributed by atoms with Crippen LogP contribution in [0.1, 0.15) is 31.6 Å². The average molecular weight is 226 g/mol. The summed E-state index contributed by atoms with van der Waals surface area (Å²) in [4.78, 5) is 0. The number of ether oxygens (including phenoxy) is 1. The minimum Gasteiger partial charge on any atom is -0.468 e. The predicted molar refractivity (Wildman–Crippen MR) is 64.2 cm³/mol. The van der Waals surface area contributed by atoms with Gasteiger partial charge >= 0.3 is 0 Å². The van der Waals surface area contributed by atoms with Crippen molar-refractivity contribution >= 4 is 0 Å². The maximum Gasteiger partial charge on any atom is 0.120 e. The molecule has 4 nitrogen and oxygen atoms in total. The molecule has 0 bridgehead atoms. The summed E-state index contributed by atoms with van der Waals surface area (Å²) >= 11 is 0. The van der Waals surface area contributed by atoms with E-state index < -0.39 is 0 Å². The Kier molecular flexibility index (Phi) is 6.15. The van der Waals surface area contributed by atoms with Gasteiger partial charge in [-0.25, -0.2) is 0 Å². The lowest BCUT2D eigenvalue weighted by Gasteiger charge is -2.21. The number of nitrogens with one attached hydrogen (secondary N) is 1. The molecule has 0 spiro atoms. The maximum atomic E-state index is 5.51. The molecule has 0 fully saturated rings. The topological polar surface area (TPSA) is 60.4 Å². The predicted octanol–water partition coefficient (Wildman–Crippen LogP) is 1.68. The van der Waals surface area contributed by atoms with Crippen molar-refractivity contribution in [2.75, 3.05) is 20.3 Å². The highest BCUT2D eigenvalue weighted by molar-refractivity contribution is 5.03. The Hall–Kier alpha value is -0.840. The van der Waals surface area contributed by atoms with Crippen LogP contribution in [0.3, 0.4) is 0 Å². The summed E-state index contributed by atoms with van der Waals surface area (Å²) in [5.41, 5.74) is 5.51. The fraction of sp³-hybridized carbons (Fsp3) is 0.667. The van der Waals surface area contributed by atoms with Gasteiger partial charge in [0.1, 0.15) is 5.76 Å². The second kappa shape index (κ2) is 7.44. The fourth-order valence-corrected chi connectivity index (χ4v) is 1.75. The zero-order valence-corrected chi connectivity index (χ0v) is 10.1. The summed E-state index contributed by atoms with van der Waals surface area (Å²) in [5, 5.41) is 3.48. The normalized spacial score (nSPS) is 14.9. The van der Waals surface area contributed by atoms with Crippen molar-refractivity contribution in [2.45, 2.75) is 31.8 Å². The van der Waals surface area contributed by atoms with E-state index in [0.29, 0.717) is 12.6 Å². The molecule has 4 heteroatoms. The van der Waals surface area contributed by atoms with Crippen LogP contribution in [0, 0.1) is 0 Å². The van der Waals surface area contributed by atoms with Crippen molar-refractivity contribution < 1.29 is 9.15 Å². The Morgan fingerprint density at radius 2 is 2.38 bits per heavy atom. The van der Waals surface area contributed by atoms with E-state index in [0.717, 1.165) is 25.1 Å². The first kappa shape index (κ1) is 13.2. The highest BCUT2D eigenvalue weighted by Gasteiger charge is 2.14. The summed E-state index contributed by atoms with van der Waals surface area (Å²) in [5.74, 6) is 0.953. The van der Waals surface area contributed by atoms with Crippen molar-refractivity contribution in [1.82, 2.24) is 5.32 Å². The molecule has 2 unspecified atom stereocenters. The molecule has 0 saturated carbocycles. The smallest absolute Gasteiger partial charge is 0.120 e. The summed E-state index contributed by atoms with van der Waals surface area (Å²) in [7, 11) is 1.72. The van der Waals surface area contributed by atoms with Crippen molar-refractivity contribution in [2.24, 2.45) is 5.73 Å². The van der Waals surface area contributed by atoms with Crippen LogP contribution in [0.2, 0.25) is 0 Å². The molecular weight excluding hydrogens is 204 g/mol.